The highest BCUT2D eigenvalue weighted by molar-refractivity contribution is 5.34. The van der Waals surface area contributed by atoms with Crippen molar-refractivity contribution < 1.29 is 13.2 Å². The zero-order valence-corrected chi connectivity index (χ0v) is 8.62. The molecule has 1 N–H and O–H groups in total. The van der Waals surface area contributed by atoms with E-state index in [9.17, 15) is 13.2 Å². The van der Waals surface area contributed by atoms with Gasteiger partial charge in [0.15, 0.2) is 0 Å². The van der Waals surface area contributed by atoms with Crippen LogP contribution in [0.5, 0.6) is 0 Å². The second-order valence-corrected chi connectivity index (χ2v) is 3.30. The molecule has 6 heteroatoms. The second-order valence-electron chi connectivity index (χ2n) is 3.30. The van der Waals surface area contributed by atoms with Gasteiger partial charge in [0, 0.05) is 30.4 Å². The molecule has 2 rings (SSSR count). The van der Waals surface area contributed by atoms with Crippen LogP contribution in [0.2, 0.25) is 0 Å². The SMILES string of the molecule is Fc1cc(F)c(CNc2ccncn2)c(F)c1. The van der Waals surface area contributed by atoms with Gasteiger partial charge in [-0.3, -0.25) is 0 Å². The summed E-state index contributed by atoms with van der Waals surface area (Å²) >= 11 is 0. The lowest BCUT2D eigenvalue weighted by Crippen LogP contribution is -2.06. The molecule has 3 nitrogen and oxygen atoms in total. The van der Waals surface area contributed by atoms with Gasteiger partial charge in [0.2, 0.25) is 0 Å². The molecule has 0 aliphatic rings. The monoisotopic (exact) mass is 239 g/mol. The number of nitrogens with zero attached hydrogens (tertiary/aromatic N) is 2. The summed E-state index contributed by atoms with van der Waals surface area (Å²) in [7, 11) is 0. The van der Waals surface area contributed by atoms with Crippen LogP contribution in [0, 0.1) is 17.5 Å². The summed E-state index contributed by atoms with van der Waals surface area (Å²) in [5.74, 6) is -2.36. The van der Waals surface area contributed by atoms with Crippen molar-refractivity contribution in [2.75, 3.05) is 5.32 Å². The fourth-order valence-electron chi connectivity index (χ4n) is 1.32. The molecule has 2 aromatic rings. The van der Waals surface area contributed by atoms with Crippen molar-refractivity contribution in [2.24, 2.45) is 0 Å². The first-order valence-corrected chi connectivity index (χ1v) is 4.80. The summed E-state index contributed by atoms with van der Waals surface area (Å²) in [6.45, 7) is -0.116. The van der Waals surface area contributed by atoms with Crippen molar-refractivity contribution in [3.05, 3.63) is 53.7 Å². The molecular formula is C11H8F3N3. The number of benzene rings is 1. The summed E-state index contributed by atoms with van der Waals surface area (Å²) in [6.07, 6.45) is 2.80. The molecule has 0 bridgehead atoms. The van der Waals surface area contributed by atoms with E-state index in [4.69, 9.17) is 0 Å². The molecule has 0 aliphatic carbocycles. The third kappa shape index (κ3) is 2.72. The van der Waals surface area contributed by atoms with E-state index in [-0.39, 0.29) is 12.1 Å². The number of hydrogen-bond acceptors (Lipinski definition) is 3. The Labute approximate surface area is 95.3 Å². The zero-order valence-electron chi connectivity index (χ0n) is 8.62. The van der Waals surface area contributed by atoms with Crippen molar-refractivity contribution in [2.45, 2.75) is 6.54 Å². The molecule has 1 aromatic heterocycles. The lowest BCUT2D eigenvalue weighted by atomic mass is 10.2. The summed E-state index contributed by atoms with van der Waals surface area (Å²) in [6, 6.07) is 2.83. The van der Waals surface area contributed by atoms with Gasteiger partial charge in [0.1, 0.15) is 29.6 Å². The Morgan fingerprint density at radius 1 is 1.12 bits per heavy atom. The Morgan fingerprint density at radius 2 is 1.82 bits per heavy atom. The Bertz CT molecular complexity index is 494. The number of aromatic nitrogens is 2. The van der Waals surface area contributed by atoms with Gasteiger partial charge in [-0.15, -0.1) is 0 Å². The zero-order chi connectivity index (χ0) is 12.3. The Balaban J connectivity index is 2.15. The maximum absolute atomic E-state index is 13.3. The van der Waals surface area contributed by atoms with Gasteiger partial charge in [0.05, 0.1) is 0 Å². The van der Waals surface area contributed by atoms with Crippen molar-refractivity contribution in [1.29, 1.82) is 0 Å². The van der Waals surface area contributed by atoms with Gasteiger partial charge in [-0.2, -0.15) is 0 Å². The summed E-state index contributed by atoms with van der Waals surface area (Å²) in [5, 5.41) is 2.71. The highest BCUT2D eigenvalue weighted by Crippen LogP contribution is 2.15. The fraction of sp³-hybridized carbons (Fsp3) is 0.0909. The Morgan fingerprint density at radius 3 is 2.41 bits per heavy atom. The molecule has 88 valence electrons. The van der Waals surface area contributed by atoms with E-state index in [1.54, 1.807) is 6.07 Å². The maximum Gasteiger partial charge on any atom is 0.134 e. The molecule has 1 heterocycles. The molecule has 17 heavy (non-hydrogen) atoms. The number of halogens is 3. The third-order valence-corrected chi connectivity index (χ3v) is 2.13. The minimum absolute atomic E-state index is 0.116. The Hall–Kier alpha value is -2.11. The number of hydrogen-bond donors (Lipinski definition) is 1. The van der Waals surface area contributed by atoms with Gasteiger partial charge < -0.3 is 5.32 Å². The molecule has 0 saturated carbocycles. The molecule has 0 unspecified atom stereocenters. The first-order chi connectivity index (χ1) is 8.16. The first-order valence-electron chi connectivity index (χ1n) is 4.80. The first kappa shape index (κ1) is 11.4. The van der Waals surface area contributed by atoms with E-state index in [1.165, 1.54) is 12.5 Å². The number of rotatable bonds is 3. The van der Waals surface area contributed by atoms with Gasteiger partial charge >= 0.3 is 0 Å². The van der Waals surface area contributed by atoms with E-state index in [0.29, 0.717) is 18.0 Å². The molecule has 0 amide bonds. The van der Waals surface area contributed by atoms with Crippen LogP contribution in [0.1, 0.15) is 5.56 Å². The van der Waals surface area contributed by atoms with Crippen molar-refractivity contribution in [3.63, 3.8) is 0 Å². The standard InChI is InChI=1S/C11H8F3N3/c12-7-3-9(13)8(10(14)4-7)5-16-11-1-2-15-6-17-11/h1-4,6H,5H2,(H,15,16,17). The molecule has 0 saturated heterocycles. The smallest absolute Gasteiger partial charge is 0.134 e. The van der Waals surface area contributed by atoms with Gasteiger partial charge in [-0.05, 0) is 6.07 Å². The van der Waals surface area contributed by atoms with E-state index < -0.39 is 17.5 Å². The van der Waals surface area contributed by atoms with Crippen LogP contribution in [-0.4, -0.2) is 9.97 Å². The largest absolute Gasteiger partial charge is 0.366 e. The molecule has 0 atom stereocenters. The quantitative estimate of drug-likeness (QED) is 0.894. The number of anilines is 1. The average molecular weight is 239 g/mol. The van der Waals surface area contributed by atoms with Crippen LogP contribution in [0.3, 0.4) is 0 Å². The minimum atomic E-state index is -0.939. The molecule has 0 spiro atoms. The van der Waals surface area contributed by atoms with Crippen molar-refractivity contribution in [3.8, 4) is 0 Å². The summed E-state index contributed by atoms with van der Waals surface area (Å²) < 4.78 is 39.2. The molecule has 0 fully saturated rings. The van der Waals surface area contributed by atoms with Crippen LogP contribution in [-0.2, 0) is 6.54 Å². The lowest BCUT2D eigenvalue weighted by molar-refractivity contribution is 0.526. The third-order valence-electron chi connectivity index (χ3n) is 2.13. The minimum Gasteiger partial charge on any atom is -0.366 e. The highest BCUT2D eigenvalue weighted by atomic mass is 19.1. The van der Waals surface area contributed by atoms with Crippen LogP contribution < -0.4 is 5.32 Å². The van der Waals surface area contributed by atoms with E-state index in [1.807, 2.05) is 0 Å². The molecule has 0 aliphatic heterocycles. The van der Waals surface area contributed by atoms with E-state index in [0.717, 1.165) is 0 Å². The van der Waals surface area contributed by atoms with Gasteiger partial charge in [-0.25, -0.2) is 23.1 Å². The summed E-state index contributed by atoms with van der Waals surface area (Å²) in [4.78, 5) is 7.53. The molecular weight excluding hydrogens is 231 g/mol. The average Bonchev–Trinajstić information content (AvgIpc) is 2.29. The van der Waals surface area contributed by atoms with Crippen LogP contribution in [0.25, 0.3) is 0 Å². The van der Waals surface area contributed by atoms with Gasteiger partial charge in [0.25, 0.3) is 0 Å². The molecule has 0 radical (unpaired) electrons. The van der Waals surface area contributed by atoms with E-state index in [2.05, 4.69) is 15.3 Å². The second kappa shape index (κ2) is 4.82. The Kier molecular flexibility index (Phi) is 3.22. The van der Waals surface area contributed by atoms with Crippen LogP contribution in [0.4, 0.5) is 19.0 Å². The maximum atomic E-state index is 13.3. The number of nitrogens with one attached hydrogen (secondary N) is 1. The molecule has 1 aromatic carbocycles. The van der Waals surface area contributed by atoms with Crippen LogP contribution in [0.15, 0.2) is 30.7 Å². The summed E-state index contributed by atoms with van der Waals surface area (Å²) in [5.41, 5.74) is -0.231. The van der Waals surface area contributed by atoms with Crippen molar-refractivity contribution in [1.82, 2.24) is 9.97 Å². The highest BCUT2D eigenvalue weighted by Gasteiger charge is 2.11. The van der Waals surface area contributed by atoms with Crippen molar-refractivity contribution >= 4 is 5.82 Å². The predicted octanol–water partition coefficient (Wildman–Crippen LogP) is 2.51. The fourth-order valence-corrected chi connectivity index (χ4v) is 1.32. The topological polar surface area (TPSA) is 37.8 Å². The predicted molar refractivity (Wildman–Crippen MR) is 55.7 cm³/mol. The van der Waals surface area contributed by atoms with Gasteiger partial charge in [-0.1, -0.05) is 0 Å². The normalized spacial score (nSPS) is 10.3. The van der Waals surface area contributed by atoms with Crippen LogP contribution >= 0.6 is 0 Å². The van der Waals surface area contributed by atoms with E-state index >= 15 is 0 Å². The lowest BCUT2D eigenvalue weighted by Gasteiger charge is -2.07.